The molecular weight excluding hydrogens is 181 g/mol. The maximum atomic E-state index is 12.9. The topological polar surface area (TPSA) is 32.3 Å². The molecular formula is C11H14FNO. The summed E-state index contributed by atoms with van der Waals surface area (Å²) in [6.07, 6.45) is 3.35. The van der Waals surface area contributed by atoms with Gasteiger partial charge < -0.3 is 10.4 Å². The van der Waals surface area contributed by atoms with E-state index in [0.717, 1.165) is 18.5 Å². The highest BCUT2D eigenvalue weighted by atomic mass is 19.1. The molecule has 1 aromatic rings. The molecule has 2 nitrogen and oxygen atoms in total. The Labute approximate surface area is 82.8 Å². The minimum absolute atomic E-state index is 0.274. The summed E-state index contributed by atoms with van der Waals surface area (Å²) in [7, 11) is 0. The van der Waals surface area contributed by atoms with Crippen LogP contribution in [0.1, 0.15) is 18.4 Å². The molecule has 1 aliphatic carbocycles. The van der Waals surface area contributed by atoms with Gasteiger partial charge in [-0.05, 0) is 43.5 Å². The van der Waals surface area contributed by atoms with Crippen LogP contribution in [-0.2, 0) is 6.42 Å². The minimum atomic E-state index is -0.533. The van der Waals surface area contributed by atoms with E-state index in [4.69, 9.17) is 5.11 Å². The van der Waals surface area contributed by atoms with Crippen LogP contribution in [0.3, 0.4) is 0 Å². The molecule has 0 spiro atoms. The predicted molar refractivity (Wildman–Crippen MR) is 52.8 cm³/mol. The van der Waals surface area contributed by atoms with E-state index < -0.39 is 5.82 Å². The maximum Gasteiger partial charge on any atom is 0.165 e. The van der Waals surface area contributed by atoms with Crippen LogP contribution in [-0.4, -0.2) is 17.7 Å². The standard InChI is InChI=1S/C11H14FNO/c12-10-7-8(1-4-11(10)14)5-6-13-9-2-3-9/h1,4,7,9,13-14H,2-3,5-6H2. The average molecular weight is 195 g/mol. The molecule has 0 aromatic heterocycles. The quantitative estimate of drug-likeness (QED) is 0.768. The summed E-state index contributed by atoms with van der Waals surface area (Å²) in [4.78, 5) is 0. The molecule has 0 atom stereocenters. The molecule has 1 saturated carbocycles. The van der Waals surface area contributed by atoms with Gasteiger partial charge in [0.1, 0.15) is 0 Å². The molecule has 0 aliphatic heterocycles. The first kappa shape index (κ1) is 9.46. The Balaban J connectivity index is 1.85. The number of hydrogen-bond acceptors (Lipinski definition) is 2. The zero-order chi connectivity index (χ0) is 9.97. The summed E-state index contributed by atoms with van der Waals surface area (Å²) in [6, 6.07) is 5.25. The number of phenols is 1. The van der Waals surface area contributed by atoms with Crippen molar-refractivity contribution in [2.24, 2.45) is 0 Å². The lowest BCUT2D eigenvalue weighted by molar-refractivity contribution is 0.431. The predicted octanol–water partition coefficient (Wildman–Crippen LogP) is 1.83. The Bertz CT molecular complexity index is 323. The van der Waals surface area contributed by atoms with Gasteiger partial charge in [0, 0.05) is 6.04 Å². The van der Waals surface area contributed by atoms with Crippen molar-refractivity contribution in [2.45, 2.75) is 25.3 Å². The number of rotatable bonds is 4. The second kappa shape index (κ2) is 3.96. The lowest BCUT2D eigenvalue weighted by Crippen LogP contribution is -2.19. The molecule has 0 radical (unpaired) electrons. The smallest absolute Gasteiger partial charge is 0.165 e. The lowest BCUT2D eigenvalue weighted by Gasteiger charge is -2.03. The SMILES string of the molecule is Oc1ccc(CCNC2CC2)cc1F. The largest absolute Gasteiger partial charge is 0.505 e. The highest BCUT2D eigenvalue weighted by Crippen LogP contribution is 2.19. The summed E-state index contributed by atoms with van der Waals surface area (Å²) in [5, 5.41) is 12.3. The van der Waals surface area contributed by atoms with Crippen molar-refractivity contribution < 1.29 is 9.50 Å². The van der Waals surface area contributed by atoms with E-state index in [0.29, 0.717) is 6.04 Å². The van der Waals surface area contributed by atoms with Gasteiger partial charge in [0.25, 0.3) is 0 Å². The Hall–Kier alpha value is -1.09. The van der Waals surface area contributed by atoms with Gasteiger partial charge >= 0.3 is 0 Å². The van der Waals surface area contributed by atoms with Crippen molar-refractivity contribution in [1.82, 2.24) is 5.32 Å². The third-order valence-electron chi connectivity index (χ3n) is 2.44. The van der Waals surface area contributed by atoms with Crippen LogP contribution in [0.4, 0.5) is 4.39 Å². The summed E-state index contributed by atoms with van der Waals surface area (Å²) in [5.74, 6) is -0.808. The van der Waals surface area contributed by atoms with E-state index in [9.17, 15) is 4.39 Å². The Morgan fingerprint density at radius 3 is 2.86 bits per heavy atom. The molecule has 0 unspecified atom stereocenters. The first-order valence-corrected chi connectivity index (χ1v) is 4.96. The summed E-state index contributed by atoms with van der Waals surface area (Å²) in [5.41, 5.74) is 0.924. The van der Waals surface area contributed by atoms with Gasteiger partial charge in [-0.3, -0.25) is 0 Å². The van der Waals surface area contributed by atoms with Crippen molar-refractivity contribution in [3.63, 3.8) is 0 Å². The molecule has 2 rings (SSSR count). The van der Waals surface area contributed by atoms with Gasteiger partial charge in [0.15, 0.2) is 11.6 Å². The molecule has 2 N–H and O–H groups in total. The van der Waals surface area contributed by atoms with E-state index in [1.807, 2.05) is 0 Å². The van der Waals surface area contributed by atoms with Gasteiger partial charge in [-0.1, -0.05) is 6.07 Å². The van der Waals surface area contributed by atoms with Crippen LogP contribution >= 0.6 is 0 Å². The number of nitrogens with one attached hydrogen (secondary N) is 1. The third-order valence-corrected chi connectivity index (χ3v) is 2.44. The van der Waals surface area contributed by atoms with Crippen LogP contribution in [0.25, 0.3) is 0 Å². The van der Waals surface area contributed by atoms with Crippen LogP contribution in [0.5, 0.6) is 5.75 Å². The van der Waals surface area contributed by atoms with Crippen LogP contribution < -0.4 is 5.32 Å². The molecule has 1 aromatic carbocycles. The van der Waals surface area contributed by atoms with Crippen LogP contribution in [0.15, 0.2) is 18.2 Å². The number of halogens is 1. The molecule has 3 heteroatoms. The third kappa shape index (κ3) is 2.45. The van der Waals surface area contributed by atoms with E-state index >= 15 is 0 Å². The second-order valence-corrected chi connectivity index (χ2v) is 3.76. The van der Waals surface area contributed by atoms with Crippen LogP contribution in [0.2, 0.25) is 0 Å². The highest BCUT2D eigenvalue weighted by Gasteiger charge is 2.19. The molecule has 1 aliphatic rings. The number of aromatic hydroxyl groups is 1. The fourth-order valence-electron chi connectivity index (χ4n) is 1.41. The molecule has 0 saturated heterocycles. The van der Waals surface area contributed by atoms with E-state index in [1.165, 1.54) is 25.0 Å². The highest BCUT2D eigenvalue weighted by molar-refractivity contribution is 5.28. The Kier molecular flexibility index (Phi) is 2.68. The molecule has 0 amide bonds. The molecule has 0 heterocycles. The molecule has 76 valence electrons. The van der Waals surface area contributed by atoms with Crippen LogP contribution in [0, 0.1) is 5.82 Å². The fourth-order valence-corrected chi connectivity index (χ4v) is 1.41. The summed E-state index contributed by atoms with van der Waals surface area (Å²) in [6.45, 7) is 0.884. The summed E-state index contributed by atoms with van der Waals surface area (Å²) < 4.78 is 12.9. The minimum Gasteiger partial charge on any atom is -0.505 e. The monoisotopic (exact) mass is 195 g/mol. The van der Waals surface area contributed by atoms with Gasteiger partial charge in [0.05, 0.1) is 0 Å². The van der Waals surface area contributed by atoms with E-state index in [2.05, 4.69) is 5.32 Å². The Morgan fingerprint density at radius 1 is 1.43 bits per heavy atom. The Morgan fingerprint density at radius 2 is 2.21 bits per heavy atom. The molecule has 14 heavy (non-hydrogen) atoms. The number of hydrogen-bond donors (Lipinski definition) is 2. The van der Waals surface area contributed by atoms with Crippen molar-refractivity contribution in [3.05, 3.63) is 29.6 Å². The van der Waals surface area contributed by atoms with Gasteiger partial charge in [-0.25, -0.2) is 4.39 Å². The lowest BCUT2D eigenvalue weighted by atomic mass is 10.1. The first-order valence-electron chi connectivity index (χ1n) is 4.96. The van der Waals surface area contributed by atoms with Crippen molar-refractivity contribution in [2.75, 3.05) is 6.54 Å². The first-order chi connectivity index (χ1) is 6.75. The van der Waals surface area contributed by atoms with Gasteiger partial charge in [-0.15, -0.1) is 0 Å². The number of phenolic OH excluding ortho intramolecular Hbond substituents is 1. The maximum absolute atomic E-state index is 12.9. The van der Waals surface area contributed by atoms with Crippen molar-refractivity contribution in [3.8, 4) is 5.75 Å². The normalized spacial score (nSPS) is 15.8. The van der Waals surface area contributed by atoms with E-state index in [1.54, 1.807) is 6.07 Å². The molecule has 1 fully saturated rings. The zero-order valence-corrected chi connectivity index (χ0v) is 7.96. The van der Waals surface area contributed by atoms with Gasteiger partial charge in [-0.2, -0.15) is 0 Å². The van der Waals surface area contributed by atoms with Crippen molar-refractivity contribution in [1.29, 1.82) is 0 Å². The average Bonchev–Trinajstić information content (AvgIpc) is 2.95. The van der Waals surface area contributed by atoms with Crippen molar-refractivity contribution >= 4 is 0 Å². The van der Waals surface area contributed by atoms with Gasteiger partial charge in [0.2, 0.25) is 0 Å². The summed E-state index contributed by atoms with van der Waals surface area (Å²) >= 11 is 0. The fraction of sp³-hybridized carbons (Fsp3) is 0.455. The second-order valence-electron chi connectivity index (χ2n) is 3.76. The van der Waals surface area contributed by atoms with E-state index in [-0.39, 0.29) is 5.75 Å². The molecule has 0 bridgehead atoms. The zero-order valence-electron chi connectivity index (χ0n) is 7.96. The number of benzene rings is 1.